The van der Waals surface area contributed by atoms with Crippen molar-refractivity contribution in [2.45, 2.75) is 18.9 Å². The normalized spacial score (nSPS) is 26.1. The lowest BCUT2D eigenvalue weighted by molar-refractivity contribution is 0.142. The van der Waals surface area contributed by atoms with Gasteiger partial charge in [-0.25, -0.2) is 0 Å². The molecule has 0 aromatic heterocycles. The van der Waals surface area contributed by atoms with Crippen molar-refractivity contribution in [3.63, 3.8) is 0 Å². The predicted octanol–water partition coefficient (Wildman–Crippen LogP) is 1.14. The van der Waals surface area contributed by atoms with E-state index in [4.69, 9.17) is 21.7 Å². The zero-order valence-corrected chi connectivity index (χ0v) is 6.24. The highest BCUT2D eigenvalue weighted by Crippen LogP contribution is 2.13. The number of thiocarbonyl (C=S) groups is 1. The molecule has 0 bridgehead atoms. The molecule has 1 rings (SSSR count). The molecule has 1 aliphatic rings. The number of hydrogen-bond donors (Lipinski definition) is 0. The fourth-order valence-electron chi connectivity index (χ4n) is 0.895. The molecule has 1 fully saturated rings. The molecule has 2 nitrogen and oxygen atoms in total. The Labute approximate surface area is 60.1 Å². The number of rotatable bonds is 1. The van der Waals surface area contributed by atoms with E-state index in [0.717, 1.165) is 19.4 Å². The lowest BCUT2D eigenvalue weighted by atomic mass is 10.2. The van der Waals surface area contributed by atoms with Crippen molar-refractivity contribution in [1.29, 1.82) is 0 Å². The zero-order valence-electron chi connectivity index (χ0n) is 5.42. The van der Waals surface area contributed by atoms with E-state index in [1.165, 1.54) is 0 Å². The van der Waals surface area contributed by atoms with Crippen LogP contribution < -0.4 is 0 Å². The van der Waals surface area contributed by atoms with E-state index < -0.39 is 0 Å². The second-order valence-electron chi connectivity index (χ2n) is 2.02. The highest BCUT2D eigenvalue weighted by atomic mass is 32.1. The van der Waals surface area contributed by atoms with Crippen molar-refractivity contribution in [1.82, 2.24) is 0 Å². The van der Waals surface area contributed by atoms with Crippen LogP contribution in [0.1, 0.15) is 12.8 Å². The summed E-state index contributed by atoms with van der Waals surface area (Å²) in [5.74, 6) is 0. The molecule has 0 aromatic rings. The Hall–Kier alpha value is -0.150. The SMILES string of the molecule is COC(=S)C1CCCO1. The zero-order chi connectivity index (χ0) is 6.69. The Morgan fingerprint density at radius 3 is 3.00 bits per heavy atom. The molecular formula is C6H10O2S. The molecule has 1 unspecified atom stereocenters. The van der Waals surface area contributed by atoms with Crippen LogP contribution in [-0.4, -0.2) is 24.9 Å². The summed E-state index contributed by atoms with van der Waals surface area (Å²) in [4.78, 5) is 0. The van der Waals surface area contributed by atoms with Gasteiger partial charge in [-0.3, -0.25) is 0 Å². The van der Waals surface area contributed by atoms with Crippen LogP contribution in [0.2, 0.25) is 0 Å². The highest BCUT2D eigenvalue weighted by Gasteiger charge is 2.20. The van der Waals surface area contributed by atoms with Gasteiger partial charge < -0.3 is 9.47 Å². The number of ether oxygens (including phenoxy) is 2. The largest absolute Gasteiger partial charge is 0.488 e. The van der Waals surface area contributed by atoms with Crippen LogP contribution in [0, 0.1) is 0 Å². The second-order valence-corrected chi connectivity index (χ2v) is 2.43. The van der Waals surface area contributed by atoms with Crippen molar-refractivity contribution in [2.24, 2.45) is 0 Å². The van der Waals surface area contributed by atoms with Crippen LogP contribution in [0.25, 0.3) is 0 Å². The quantitative estimate of drug-likeness (QED) is 0.517. The van der Waals surface area contributed by atoms with E-state index in [2.05, 4.69) is 0 Å². The van der Waals surface area contributed by atoms with E-state index in [1.807, 2.05) is 0 Å². The molecule has 1 atom stereocenters. The molecule has 1 heterocycles. The number of methoxy groups -OCH3 is 1. The molecule has 0 amide bonds. The van der Waals surface area contributed by atoms with E-state index in [0.29, 0.717) is 5.05 Å². The summed E-state index contributed by atoms with van der Waals surface area (Å²) in [5, 5.41) is 0.590. The first-order valence-electron chi connectivity index (χ1n) is 3.04. The minimum atomic E-state index is 0.0880. The molecule has 1 saturated heterocycles. The summed E-state index contributed by atoms with van der Waals surface area (Å²) in [6, 6.07) is 0. The van der Waals surface area contributed by atoms with Gasteiger partial charge in [0.25, 0.3) is 0 Å². The van der Waals surface area contributed by atoms with Crippen LogP contribution in [-0.2, 0) is 9.47 Å². The smallest absolute Gasteiger partial charge is 0.188 e. The number of hydrogen-bond acceptors (Lipinski definition) is 3. The van der Waals surface area contributed by atoms with Crippen molar-refractivity contribution in [2.75, 3.05) is 13.7 Å². The molecule has 1 aliphatic heterocycles. The molecule has 0 saturated carbocycles. The summed E-state index contributed by atoms with van der Waals surface area (Å²) in [5.41, 5.74) is 0. The van der Waals surface area contributed by atoms with Crippen LogP contribution in [0.5, 0.6) is 0 Å². The van der Waals surface area contributed by atoms with Crippen LogP contribution in [0.4, 0.5) is 0 Å². The van der Waals surface area contributed by atoms with E-state index in [1.54, 1.807) is 7.11 Å². The fourth-order valence-corrected chi connectivity index (χ4v) is 1.08. The standard InChI is InChI=1S/C6H10O2S/c1-7-6(9)5-3-2-4-8-5/h5H,2-4H2,1H3. The van der Waals surface area contributed by atoms with E-state index >= 15 is 0 Å². The van der Waals surface area contributed by atoms with Crippen molar-refractivity contribution >= 4 is 17.3 Å². The first-order chi connectivity index (χ1) is 4.34. The average Bonchev–Trinajstić information content (AvgIpc) is 2.37. The van der Waals surface area contributed by atoms with Gasteiger partial charge in [-0.15, -0.1) is 0 Å². The van der Waals surface area contributed by atoms with Gasteiger partial charge in [-0.05, 0) is 25.1 Å². The molecule has 52 valence electrons. The topological polar surface area (TPSA) is 18.5 Å². The summed E-state index contributed by atoms with van der Waals surface area (Å²) in [6.07, 6.45) is 2.21. The molecule has 9 heavy (non-hydrogen) atoms. The Kier molecular flexibility index (Phi) is 2.42. The Bertz CT molecular complexity index is 108. The second kappa shape index (κ2) is 3.13. The molecule has 3 heteroatoms. The van der Waals surface area contributed by atoms with Gasteiger partial charge >= 0.3 is 0 Å². The molecule has 0 spiro atoms. The summed E-state index contributed by atoms with van der Waals surface area (Å²) >= 11 is 4.87. The van der Waals surface area contributed by atoms with Gasteiger partial charge in [-0.1, -0.05) is 0 Å². The monoisotopic (exact) mass is 146 g/mol. The third-order valence-electron chi connectivity index (χ3n) is 1.39. The molecule has 0 aliphatic carbocycles. The first-order valence-corrected chi connectivity index (χ1v) is 3.45. The maximum absolute atomic E-state index is 5.24. The first kappa shape index (κ1) is 6.96. The Morgan fingerprint density at radius 1 is 1.78 bits per heavy atom. The minimum Gasteiger partial charge on any atom is -0.488 e. The van der Waals surface area contributed by atoms with Gasteiger partial charge in [0.1, 0.15) is 6.10 Å². The van der Waals surface area contributed by atoms with Crippen LogP contribution in [0.3, 0.4) is 0 Å². The third-order valence-corrected chi connectivity index (χ3v) is 1.82. The van der Waals surface area contributed by atoms with Crippen molar-refractivity contribution < 1.29 is 9.47 Å². The maximum Gasteiger partial charge on any atom is 0.188 e. The highest BCUT2D eigenvalue weighted by molar-refractivity contribution is 7.80. The van der Waals surface area contributed by atoms with Gasteiger partial charge in [0.2, 0.25) is 0 Å². The maximum atomic E-state index is 5.24. The minimum absolute atomic E-state index is 0.0880. The van der Waals surface area contributed by atoms with Gasteiger partial charge in [0.05, 0.1) is 7.11 Å². The van der Waals surface area contributed by atoms with E-state index in [9.17, 15) is 0 Å². The summed E-state index contributed by atoms with van der Waals surface area (Å²) in [7, 11) is 1.59. The Morgan fingerprint density at radius 2 is 2.56 bits per heavy atom. The van der Waals surface area contributed by atoms with Crippen LogP contribution in [0.15, 0.2) is 0 Å². The third kappa shape index (κ3) is 1.63. The van der Waals surface area contributed by atoms with Crippen molar-refractivity contribution in [3.05, 3.63) is 0 Å². The lowest BCUT2D eigenvalue weighted by Crippen LogP contribution is -2.18. The predicted molar refractivity (Wildman–Crippen MR) is 38.6 cm³/mol. The fraction of sp³-hybridized carbons (Fsp3) is 0.833. The average molecular weight is 146 g/mol. The lowest BCUT2D eigenvalue weighted by Gasteiger charge is -2.07. The van der Waals surface area contributed by atoms with Gasteiger partial charge in [0.15, 0.2) is 5.05 Å². The van der Waals surface area contributed by atoms with E-state index in [-0.39, 0.29) is 6.10 Å². The van der Waals surface area contributed by atoms with Crippen LogP contribution >= 0.6 is 12.2 Å². The van der Waals surface area contributed by atoms with Gasteiger partial charge in [0, 0.05) is 6.61 Å². The molecule has 0 aromatic carbocycles. The molecule has 0 radical (unpaired) electrons. The Balaban J connectivity index is 2.32. The summed E-state index contributed by atoms with van der Waals surface area (Å²) in [6.45, 7) is 0.828. The van der Waals surface area contributed by atoms with Crippen molar-refractivity contribution in [3.8, 4) is 0 Å². The molecule has 0 N–H and O–H groups in total. The summed E-state index contributed by atoms with van der Waals surface area (Å²) < 4.78 is 10.1. The molecular weight excluding hydrogens is 136 g/mol. The van der Waals surface area contributed by atoms with Gasteiger partial charge in [-0.2, -0.15) is 0 Å².